The average Bonchev–Trinajstić information content (AvgIpc) is 2.53. The molecular formula is C16H15NO3. The van der Waals surface area contributed by atoms with Gasteiger partial charge in [0.05, 0.1) is 12.1 Å². The predicted octanol–water partition coefficient (Wildman–Crippen LogP) is 2.27. The molecule has 4 heteroatoms. The summed E-state index contributed by atoms with van der Waals surface area (Å²) in [7, 11) is 0. The van der Waals surface area contributed by atoms with E-state index >= 15 is 0 Å². The summed E-state index contributed by atoms with van der Waals surface area (Å²) in [5, 5.41) is 2.69. The van der Waals surface area contributed by atoms with Crippen LogP contribution in [0.2, 0.25) is 0 Å². The van der Waals surface area contributed by atoms with Gasteiger partial charge in [-0.25, -0.2) is 4.79 Å². The number of benzene rings is 2. The molecule has 0 aliphatic rings. The van der Waals surface area contributed by atoms with Crippen molar-refractivity contribution in [3.63, 3.8) is 0 Å². The molecule has 0 heterocycles. The van der Waals surface area contributed by atoms with E-state index in [1.807, 2.05) is 12.1 Å². The average molecular weight is 269 g/mol. The second kappa shape index (κ2) is 7.09. The fraction of sp³-hybridized carbons (Fsp3) is 0.125. The summed E-state index contributed by atoms with van der Waals surface area (Å²) in [5.74, 6) is -0.569. The highest BCUT2D eigenvalue weighted by Gasteiger charge is 2.06. The Morgan fingerprint density at radius 2 is 1.40 bits per heavy atom. The summed E-state index contributed by atoms with van der Waals surface area (Å²) < 4.78 is 5.06. The van der Waals surface area contributed by atoms with Gasteiger partial charge in [-0.15, -0.1) is 0 Å². The Morgan fingerprint density at radius 3 is 2.00 bits per heavy atom. The maximum absolute atomic E-state index is 11.7. The summed E-state index contributed by atoms with van der Waals surface area (Å²) in [4.78, 5) is 23.3. The molecule has 0 saturated carbocycles. The number of carbonyl (C=O) groups excluding carboxylic acids is 2. The van der Waals surface area contributed by atoms with Gasteiger partial charge < -0.3 is 10.1 Å². The summed E-state index contributed by atoms with van der Waals surface area (Å²) in [5.41, 5.74) is 1.09. The molecular weight excluding hydrogens is 254 g/mol. The third-order valence-corrected chi connectivity index (χ3v) is 2.67. The molecule has 0 bridgehead atoms. The molecule has 0 radical (unpaired) electrons. The first kappa shape index (κ1) is 13.8. The van der Waals surface area contributed by atoms with Crippen LogP contribution in [0.25, 0.3) is 0 Å². The maximum Gasteiger partial charge on any atom is 0.338 e. The van der Waals surface area contributed by atoms with Crippen LogP contribution in [0.5, 0.6) is 0 Å². The lowest BCUT2D eigenvalue weighted by Crippen LogP contribution is -2.28. The van der Waals surface area contributed by atoms with Gasteiger partial charge in [-0.1, -0.05) is 36.4 Å². The Kier molecular flexibility index (Phi) is 4.89. The maximum atomic E-state index is 11.7. The van der Waals surface area contributed by atoms with Gasteiger partial charge >= 0.3 is 5.97 Å². The molecule has 2 rings (SSSR count). The first-order valence-corrected chi connectivity index (χ1v) is 6.33. The van der Waals surface area contributed by atoms with Gasteiger partial charge in [-0.05, 0) is 24.3 Å². The highest BCUT2D eigenvalue weighted by Crippen LogP contribution is 2.01. The molecule has 1 amide bonds. The van der Waals surface area contributed by atoms with Crippen molar-refractivity contribution in [1.29, 1.82) is 0 Å². The Labute approximate surface area is 117 Å². The van der Waals surface area contributed by atoms with Gasteiger partial charge in [-0.3, -0.25) is 4.79 Å². The Balaban J connectivity index is 1.72. The van der Waals surface area contributed by atoms with Crippen LogP contribution in [-0.2, 0) is 4.74 Å². The first-order valence-electron chi connectivity index (χ1n) is 6.33. The minimum Gasteiger partial charge on any atom is -0.460 e. The van der Waals surface area contributed by atoms with Crippen LogP contribution in [0.4, 0.5) is 0 Å². The number of esters is 1. The fourth-order valence-electron chi connectivity index (χ4n) is 1.66. The lowest BCUT2D eigenvalue weighted by molar-refractivity contribution is 0.0503. The monoisotopic (exact) mass is 269 g/mol. The number of amides is 1. The molecule has 102 valence electrons. The van der Waals surface area contributed by atoms with Crippen LogP contribution in [0.1, 0.15) is 20.7 Å². The number of ether oxygens (including phenoxy) is 1. The predicted molar refractivity (Wildman–Crippen MR) is 75.5 cm³/mol. The van der Waals surface area contributed by atoms with Gasteiger partial charge in [0.25, 0.3) is 5.91 Å². The Bertz CT molecular complexity index is 513. The van der Waals surface area contributed by atoms with Crippen LogP contribution in [0, 0.1) is 0 Å². The van der Waals surface area contributed by atoms with Crippen LogP contribution in [0.15, 0.2) is 60.7 Å². The van der Waals surface area contributed by atoms with Gasteiger partial charge in [0.2, 0.25) is 0 Å². The van der Waals surface area contributed by atoms with E-state index in [9.17, 15) is 9.59 Å². The molecule has 2 aromatic rings. The zero-order valence-corrected chi connectivity index (χ0v) is 10.9. The van der Waals surface area contributed by atoms with Crippen LogP contribution < -0.4 is 5.32 Å². The number of carbonyl (C=O) groups is 2. The van der Waals surface area contributed by atoms with Crippen molar-refractivity contribution in [3.8, 4) is 0 Å². The molecule has 0 spiro atoms. The van der Waals surface area contributed by atoms with Gasteiger partial charge in [0.15, 0.2) is 0 Å². The van der Waals surface area contributed by atoms with E-state index in [1.54, 1.807) is 48.5 Å². The van der Waals surface area contributed by atoms with Crippen molar-refractivity contribution in [2.45, 2.75) is 0 Å². The van der Waals surface area contributed by atoms with Crippen molar-refractivity contribution in [2.24, 2.45) is 0 Å². The molecule has 0 atom stereocenters. The molecule has 0 aliphatic heterocycles. The Morgan fingerprint density at radius 1 is 0.850 bits per heavy atom. The Hall–Kier alpha value is -2.62. The van der Waals surface area contributed by atoms with E-state index in [2.05, 4.69) is 5.32 Å². The number of hydrogen-bond acceptors (Lipinski definition) is 3. The van der Waals surface area contributed by atoms with E-state index in [1.165, 1.54) is 0 Å². The molecule has 0 fully saturated rings. The van der Waals surface area contributed by atoms with Gasteiger partial charge in [0.1, 0.15) is 6.61 Å². The molecule has 2 aromatic carbocycles. The zero-order chi connectivity index (χ0) is 14.2. The van der Waals surface area contributed by atoms with Gasteiger partial charge in [-0.2, -0.15) is 0 Å². The molecule has 4 nitrogen and oxygen atoms in total. The standard InChI is InChI=1S/C16H15NO3/c18-15(13-7-3-1-4-8-13)17-11-12-20-16(19)14-9-5-2-6-10-14/h1-10H,11-12H2,(H,17,18). The lowest BCUT2D eigenvalue weighted by atomic mass is 10.2. The topological polar surface area (TPSA) is 55.4 Å². The highest BCUT2D eigenvalue weighted by molar-refractivity contribution is 5.94. The number of nitrogens with one attached hydrogen (secondary N) is 1. The van der Waals surface area contributed by atoms with Crippen molar-refractivity contribution < 1.29 is 14.3 Å². The SMILES string of the molecule is O=C(NCCOC(=O)c1ccccc1)c1ccccc1. The van der Waals surface area contributed by atoms with E-state index in [4.69, 9.17) is 4.74 Å². The summed E-state index contributed by atoms with van der Waals surface area (Å²) in [6.45, 7) is 0.429. The van der Waals surface area contributed by atoms with Crippen molar-refractivity contribution >= 4 is 11.9 Å². The molecule has 0 saturated heterocycles. The van der Waals surface area contributed by atoms with Crippen LogP contribution >= 0.6 is 0 Å². The minimum absolute atomic E-state index is 0.145. The third-order valence-electron chi connectivity index (χ3n) is 2.67. The van der Waals surface area contributed by atoms with E-state index in [0.717, 1.165) is 0 Å². The molecule has 20 heavy (non-hydrogen) atoms. The minimum atomic E-state index is -0.389. The normalized spacial score (nSPS) is 9.80. The fourth-order valence-corrected chi connectivity index (χ4v) is 1.66. The molecule has 0 aromatic heterocycles. The van der Waals surface area contributed by atoms with Crippen molar-refractivity contribution in [2.75, 3.05) is 13.2 Å². The highest BCUT2D eigenvalue weighted by atomic mass is 16.5. The van der Waals surface area contributed by atoms with Gasteiger partial charge in [0, 0.05) is 5.56 Å². The molecule has 0 unspecified atom stereocenters. The number of hydrogen-bond donors (Lipinski definition) is 1. The smallest absolute Gasteiger partial charge is 0.338 e. The van der Waals surface area contributed by atoms with E-state index < -0.39 is 0 Å². The second-order valence-electron chi connectivity index (χ2n) is 4.12. The first-order chi connectivity index (χ1) is 9.77. The molecule has 1 N–H and O–H groups in total. The third kappa shape index (κ3) is 3.95. The summed E-state index contributed by atoms with van der Waals surface area (Å²) in [6, 6.07) is 17.6. The summed E-state index contributed by atoms with van der Waals surface area (Å²) in [6.07, 6.45) is 0. The van der Waals surface area contributed by atoms with Crippen LogP contribution in [-0.4, -0.2) is 25.0 Å². The lowest BCUT2D eigenvalue weighted by Gasteiger charge is -2.06. The van der Waals surface area contributed by atoms with Crippen molar-refractivity contribution in [1.82, 2.24) is 5.32 Å². The summed E-state index contributed by atoms with van der Waals surface area (Å²) >= 11 is 0. The van der Waals surface area contributed by atoms with Crippen molar-refractivity contribution in [3.05, 3.63) is 71.8 Å². The number of rotatable bonds is 5. The second-order valence-corrected chi connectivity index (χ2v) is 4.12. The molecule has 0 aliphatic carbocycles. The zero-order valence-electron chi connectivity index (χ0n) is 10.9. The van der Waals surface area contributed by atoms with E-state index in [-0.39, 0.29) is 25.0 Å². The largest absolute Gasteiger partial charge is 0.460 e. The quantitative estimate of drug-likeness (QED) is 0.669. The van der Waals surface area contributed by atoms with Crippen LogP contribution in [0.3, 0.4) is 0 Å². The van der Waals surface area contributed by atoms with E-state index in [0.29, 0.717) is 11.1 Å².